The number of benzene rings is 1. The van der Waals surface area contributed by atoms with Gasteiger partial charge >= 0.3 is 0 Å². The number of ether oxygens (including phenoxy) is 2. The Labute approximate surface area is 126 Å². The second-order valence-corrected chi connectivity index (χ2v) is 6.60. The maximum absolute atomic E-state index is 6.24. The lowest BCUT2D eigenvalue weighted by Crippen LogP contribution is -2.23. The molecule has 1 aliphatic rings. The third-order valence-corrected chi connectivity index (χ3v) is 3.37. The molecule has 0 spiro atoms. The Morgan fingerprint density at radius 1 is 1.25 bits per heavy atom. The summed E-state index contributed by atoms with van der Waals surface area (Å²) >= 11 is 6.24. The van der Waals surface area contributed by atoms with Gasteiger partial charge in [-0.1, -0.05) is 23.7 Å². The van der Waals surface area contributed by atoms with Crippen molar-refractivity contribution in [2.75, 3.05) is 13.2 Å². The van der Waals surface area contributed by atoms with E-state index in [-0.39, 0.29) is 5.60 Å². The van der Waals surface area contributed by atoms with Gasteiger partial charge < -0.3 is 14.8 Å². The van der Waals surface area contributed by atoms with Crippen molar-refractivity contribution >= 4 is 11.6 Å². The van der Waals surface area contributed by atoms with Gasteiger partial charge in [-0.25, -0.2) is 0 Å². The topological polar surface area (TPSA) is 30.5 Å². The van der Waals surface area contributed by atoms with Crippen molar-refractivity contribution in [2.24, 2.45) is 0 Å². The van der Waals surface area contributed by atoms with Crippen molar-refractivity contribution in [3.8, 4) is 5.75 Å². The van der Waals surface area contributed by atoms with Crippen molar-refractivity contribution in [1.82, 2.24) is 5.32 Å². The first-order chi connectivity index (χ1) is 9.46. The first-order valence-electron chi connectivity index (χ1n) is 7.23. The summed E-state index contributed by atoms with van der Waals surface area (Å²) in [5.41, 5.74) is 0.973. The third kappa shape index (κ3) is 5.31. The molecule has 2 rings (SSSR count). The predicted octanol–water partition coefficient (Wildman–Crippen LogP) is 3.79. The Balaban J connectivity index is 1.87. The largest absolute Gasteiger partial charge is 0.489 e. The number of nitrogens with one attached hydrogen (secondary N) is 1. The molecule has 1 aromatic carbocycles. The van der Waals surface area contributed by atoms with Crippen LogP contribution >= 0.6 is 11.6 Å². The van der Waals surface area contributed by atoms with Crippen molar-refractivity contribution in [2.45, 2.75) is 51.8 Å². The van der Waals surface area contributed by atoms with Gasteiger partial charge in [-0.05, 0) is 39.7 Å². The highest BCUT2D eigenvalue weighted by atomic mass is 35.5. The summed E-state index contributed by atoms with van der Waals surface area (Å²) in [4.78, 5) is 0. The summed E-state index contributed by atoms with van der Waals surface area (Å²) in [5.74, 6) is 0.778. The third-order valence-electron chi connectivity index (χ3n) is 3.07. The SMILES string of the molecule is CC(C)(C)OCCOc1c(Cl)cccc1CNC1CC1. The minimum Gasteiger partial charge on any atom is -0.489 e. The Hall–Kier alpha value is -0.770. The molecular weight excluding hydrogens is 274 g/mol. The van der Waals surface area contributed by atoms with Crippen molar-refractivity contribution in [3.05, 3.63) is 28.8 Å². The Morgan fingerprint density at radius 3 is 2.65 bits per heavy atom. The van der Waals surface area contributed by atoms with Crippen LogP contribution in [0.3, 0.4) is 0 Å². The van der Waals surface area contributed by atoms with Crippen LogP contribution in [0.1, 0.15) is 39.2 Å². The van der Waals surface area contributed by atoms with Gasteiger partial charge in [0, 0.05) is 18.2 Å². The summed E-state index contributed by atoms with van der Waals surface area (Å²) in [7, 11) is 0. The van der Waals surface area contributed by atoms with Crippen LogP contribution in [-0.4, -0.2) is 24.9 Å². The summed E-state index contributed by atoms with van der Waals surface area (Å²) in [6, 6.07) is 6.56. The summed E-state index contributed by atoms with van der Waals surface area (Å²) in [6.45, 7) is 7.98. The first-order valence-corrected chi connectivity index (χ1v) is 7.61. The highest BCUT2D eigenvalue weighted by Crippen LogP contribution is 2.29. The van der Waals surface area contributed by atoms with E-state index in [1.807, 2.05) is 32.9 Å². The van der Waals surface area contributed by atoms with Crippen LogP contribution in [0.25, 0.3) is 0 Å². The molecule has 0 aromatic heterocycles. The molecule has 0 aliphatic heterocycles. The lowest BCUT2D eigenvalue weighted by Gasteiger charge is -2.20. The van der Waals surface area contributed by atoms with Gasteiger partial charge in [0.05, 0.1) is 17.2 Å². The Bertz CT molecular complexity index is 439. The van der Waals surface area contributed by atoms with E-state index >= 15 is 0 Å². The molecule has 0 radical (unpaired) electrons. The van der Waals surface area contributed by atoms with Crippen LogP contribution in [0, 0.1) is 0 Å². The number of hydrogen-bond donors (Lipinski definition) is 1. The van der Waals surface area contributed by atoms with Gasteiger partial charge in [-0.15, -0.1) is 0 Å². The normalized spacial score (nSPS) is 15.4. The van der Waals surface area contributed by atoms with E-state index in [0.717, 1.165) is 17.9 Å². The molecule has 112 valence electrons. The van der Waals surface area contributed by atoms with Gasteiger partial charge in [0.25, 0.3) is 0 Å². The molecule has 1 saturated carbocycles. The Morgan fingerprint density at radius 2 is 2.00 bits per heavy atom. The van der Waals surface area contributed by atoms with E-state index in [1.54, 1.807) is 0 Å². The highest BCUT2D eigenvalue weighted by molar-refractivity contribution is 6.32. The molecule has 1 fully saturated rings. The number of halogens is 1. The zero-order chi connectivity index (χ0) is 14.6. The maximum atomic E-state index is 6.24. The summed E-state index contributed by atoms with van der Waals surface area (Å²) in [5, 5.41) is 4.15. The molecule has 3 nitrogen and oxygen atoms in total. The zero-order valence-corrected chi connectivity index (χ0v) is 13.3. The first kappa shape index (κ1) is 15.6. The molecule has 0 atom stereocenters. The van der Waals surface area contributed by atoms with Crippen molar-refractivity contribution in [1.29, 1.82) is 0 Å². The van der Waals surface area contributed by atoms with Gasteiger partial charge in [0.1, 0.15) is 12.4 Å². The van der Waals surface area contributed by atoms with E-state index in [9.17, 15) is 0 Å². The van der Waals surface area contributed by atoms with Gasteiger partial charge in [0.15, 0.2) is 0 Å². The fourth-order valence-electron chi connectivity index (χ4n) is 1.89. The average Bonchev–Trinajstić information content (AvgIpc) is 3.17. The van der Waals surface area contributed by atoms with E-state index in [1.165, 1.54) is 12.8 Å². The van der Waals surface area contributed by atoms with Gasteiger partial charge in [-0.2, -0.15) is 0 Å². The van der Waals surface area contributed by atoms with Crippen LogP contribution in [0.15, 0.2) is 18.2 Å². The molecule has 0 bridgehead atoms. The van der Waals surface area contributed by atoms with Crippen LogP contribution in [-0.2, 0) is 11.3 Å². The van der Waals surface area contributed by atoms with Crippen LogP contribution < -0.4 is 10.1 Å². The highest BCUT2D eigenvalue weighted by Gasteiger charge is 2.21. The molecule has 0 unspecified atom stereocenters. The molecule has 1 aliphatic carbocycles. The predicted molar refractivity (Wildman–Crippen MR) is 82.5 cm³/mol. The fraction of sp³-hybridized carbons (Fsp3) is 0.625. The molecule has 0 amide bonds. The summed E-state index contributed by atoms with van der Waals surface area (Å²) < 4.78 is 11.5. The number of para-hydroxylation sites is 1. The zero-order valence-electron chi connectivity index (χ0n) is 12.5. The minimum absolute atomic E-state index is 0.139. The number of hydrogen-bond acceptors (Lipinski definition) is 3. The molecule has 0 saturated heterocycles. The smallest absolute Gasteiger partial charge is 0.142 e. The Kier molecular flexibility index (Phi) is 5.30. The van der Waals surface area contributed by atoms with E-state index in [2.05, 4.69) is 11.4 Å². The molecule has 1 aromatic rings. The standard InChI is InChI=1S/C16H24ClNO2/c1-16(2,3)20-10-9-19-15-12(5-4-6-14(15)17)11-18-13-7-8-13/h4-6,13,18H,7-11H2,1-3H3. The minimum atomic E-state index is -0.139. The molecule has 4 heteroatoms. The van der Waals surface area contributed by atoms with Crippen molar-refractivity contribution < 1.29 is 9.47 Å². The average molecular weight is 298 g/mol. The van der Waals surface area contributed by atoms with Gasteiger partial charge in [-0.3, -0.25) is 0 Å². The second-order valence-electron chi connectivity index (χ2n) is 6.19. The van der Waals surface area contributed by atoms with E-state index in [4.69, 9.17) is 21.1 Å². The summed E-state index contributed by atoms with van der Waals surface area (Å²) in [6.07, 6.45) is 2.55. The monoisotopic (exact) mass is 297 g/mol. The van der Waals surface area contributed by atoms with Gasteiger partial charge in [0.2, 0.25) is 0 Å². The molecule has 20 heavy (non-hydrogen) atoms. The lowest BCUT2D eigenvalue weighted by molar-refractivity contribution is -0.0163. The number of rotatable bonds is 7. The van der Waals surface area contributed by atoms with Crippen LogP contribution in [0.2, 0.25) is 5.02 Å². The maximum Gasteiger partial charge on any atom is 0.142 e. The van der Waals surface area contributed by atoms with Crippen molar-refractivity contribution in [3.63, 3.8) is 0 Å². The quantitative estimate of drug-likeness (QED) is 0.777. The fourth-order valence-corrected chi connectivity index (χ4v) is 2.14. The van der Waals surface area contributed by atoms with E-state index < -0.39 is 0 Å². The molecular formula is C16H24ClNO2. The van der Waals surface area contributed by atoms with Crippen LogP contribution in [0.5, 0.6) is 5.75 Å². The second kappa shape index (κ2) is 6.79. The lowest BCUT2D eigenvalue weighted by atomic mass is 10.2. The van der Waals surface area contributed by atoms with Crippen LogP contribution in [0.4, 0.5) is 0 Å². The molecule has 0 heterocycles. The molecule has 1 N–H and O–H groups in total. The van der Waals surface area contributed by atoms with E-state index in [0.29, 0.717) is 24.3 Å².